The quantitative estimate of drug-likeness (QED) is 0.753. The summed E-state index contributed by atoms with van der Waals surface area (Å²) in [6, 6.07) is 8.34. The van der Waals surface area contributed by atoms with Crippen molar-refractivity contribution < 1.29 is 8.42 Å². The number of thiophene rings is 1. The van der Waals surface area contributed by atoms with Gasteiger partial charge in [0.05, 0.1) is 5.69 Å². The van der Waals surface area contributed by atoms with Gasteiger partial charge in [-0.1, -0.05) is 24.6 Å². The summed E-state index contributed by atoms with van der Waals surface area (Å²) in [5, 5.41) is 5.60. The fourth-order valence-corrected chi connectivity index (χ4v) is 4.20. The number of benzene rings is 1. The fraction of sp³-hybridized carbons (Fsp3) is 0.286. The number of sulfonamides is 1. The monoisotopic (exact) mass is 344 g/mol. The van der Waals surface area contributed by atoms with Crippen LogP contribution in [0.3, 0.4) is 0 Å². The van der Waals surface area contributed by atoms with Crippen LogP contribution in [0, 0.1) is 0 Å². The molecule has 0 amide bonds. The van der Waals surface area contributed by atoms with Gasteiger partial charge in [-0.3, -0.25) is 4.72 Å². The van der Waals surface area contributed by atoms with Crippen LogP contribution in [0.25, 0.3) is 0 Å². The molecule has 0 aliphatic carbocycles. The Labute approximate surface area is 134 Å². The second kappa shape index (κ2) is 7.26. The molecule has 4 nitrogen and oxygen atoms in total. The third-order valence-electron chi connectivity index (χ3n) is 2.73. The molecule has 0 unspecified atom stereocenters. The first-order valence-electron chi connectivity index (χ1n) is 6.58. The molecule has 0 saturated carbocycles. The second-order valence-corrected chi connectivity index (χ2v) is 7.82. The van der Waals surface area contributed by atoms with Crippen molar-refractivity contribution in [3.8, 4) is 0 Å². The van der Waals surface area contributed by atoms with Gasteiger partial charge >= 0.3 is 0 Å². The summed E-state index contributed by atoms with van der Waals surface area (Å²) < 4.78 is 27.4. The van der Waals surface area contributed by atoms with E-state index in [2.05, 4.69) is 17.0 Å². The highest BCUT2D eigenvalue weighted by Crippen LogP contribution is 2.24. The van der Waals surface area contributed by atoms with Gasteiger partial charge in [-0.2, -0.15) is 0 Å². The van der Waals surface area contributed by atoms with Gasteiger partial charge in [0, 0.05) is 11.6 Å². The standard InChI is InChI=1S/C14H17ClN2O2S2/c1-2-6-16-9-11-7-14(20-10-11)21(18,19)17-13-5-3-4-12(15)8-13/h3-5,7-8,10,16-17H,2,6,9H2,1H3. The van der Waals surface area contributed by atoms with E-state index in [1.54, 1.807) is 30.3 Å². The summed E-state index contributed by atoms with van der Waals surface area (Å²) in [7, 11) is -3.56. The largest absolute Gasteiger partial charge is 0.313 e. The zero-order valence-corrected chi connectivity index (χ0v) is 14.0. The molecule has 1 aromatic heterocycles. The lowest BCUT2D eigenvalue weighted by atomic mass is 10.3. The molecule has 2 N–H and O–H groups in total. The molecule has 0 spiro atoms. The van der Waals surface area contributed by atoms with Crippen LogP contribution in [-0.4, -0.2) is 15.0 Å². The van der Waals surface area contributed by atoms with Crippen LogP contribution in [0.1, 0.15) is 18.9 Å². The molecule has 0 aliphatic heterocycles. The molecule has 2 aromatic rings. The molecular formula is C14H17ClN2O2S2. The molecule has 0 atom stereocenters. The van der Waals surface area contributed by atoms with Gasteiger partial charge in [-0.05, 0) is 48.2 Å². The predicted octanol–water partition coefficient (Wildman–Crippen LogP) is 3.70. The van der Waals surface area contributed by atoms with Crippen molar-refractivity contribution in [3.05, 3.63) is 46.3 Å². The van der Waals surface area contributed by atoms with Crippen LogP contribution >= 0.6 is 22.9 Å². The minimum absolute atomic E-state index is 0.302. The normalized spacial score (nSPS) is 11.5. The van der Waals surface area contributed by atoms with Crippen LogP contribution in [0.2, 0.25) is 5.02 Å². The average molecular weight is 345 g/mol. The zero-order chi connectivity index (χ0) is 15.3. The summed E-state index contributed by atoms with van der Waals surface area (Å²) in [5.74, 6) is 0. The van der Waals surface area contributed by atoms with Crippen LogP contribution in [0.4, 0.5) is 5.69 Å². The Morgan fingerprint density at radius 2 is 2.10 bits per heavy atom. The zero-order valence-electron chi connectivity index (χ0n) is 11.6. The summed E-state index contributed by atoms with van der Waals surface area (Å²) in [4.78, 5) is 0. The van der Waals surface area contributed by atoms with Gasteiger partial charge in [-0.25, -0.2) is 8.42 Å². The van der Waals surface area contributed by atoms with Crippen LogP contribution in [0.15, 0.2) is 39.9 Å². The minimum Gasteiger partial charge on any atom is -0.313 e. The summed E-state index contributed by atoms with van der Waals surface area (Å²) in [6.07, 6.45) is 1.05. The molecule has 2 rings (SSSR count). The van der Waals surface area contributed by atoms with Crippen molar-refractivity contribution in [3.63, 3.8) is 0 Å². The molecule has 0 aliphatic rings. The van der Waals surface area contributed by atoms with E-state index in [1.807, 2.05) is 5.38 Å². The SMILES string of the molecule is CCCNCc1csc(S(=O)(=O)Nc2cccc(Cl)c2)c1. The van der Waals surface area contributed by atoms with E-state index < -0.39 is 10.0 Å². The van der Waals surface area contributed by atoms with E-state index in [4.69, 9.17) is 11.6 Å². The minimum atomic E-state index is -3.56. The first-order chi connectivity index (χ1) is 10.0. The molecule has 0 radical (unpaired) electrons. The predicted molar refractivity (Wildman–Crippen MR) is 88.6 cm³/mol. The number of hydrogen-bond donors (Lipinski definition) is 2. The number of anilines is 1. The maximum Gasteiger partial charge on any atom is 0.271 e. The number of hydrogen-bond acceptors (Lipinski definition) is 4. The number of halogens is 1. The van der Waals surface area contributed by atoms with Gasteiger partial charge in [0.15, 0.2) is 0 Å². The van der Waals surface area contributed by atoms with Gasteiger partial charge in [0.1, 0.15) is 4.21 Å². The molecule has 0 bridgehead atoms. The Balaban J connectivity index is 2.09. The molecule has 114 valence electrons. The van der Waals surface area contributed by atoms with Gasteiger partial charge in [-0.15, -0.1) is 11.3 Å². The molecule has 0 saturated heterocycles. The summed E-state index contributed by atoms with van der Waals surface area (Å²) in [6.45, 7) is 3.68. The third kappa shape index (κ3) is 4.71. The highest BCUT2D eigenvalue weighted by atomic mass is 35.5. The van der Waals surface area contributed by atoms with Crippen LogP contribution in [0.5, 0.6) is 0 Å². The third-order valence-corrected chi connectivity index (χ3v) is 5.83. The Morgan fingerprint density at radius 3 is 2.81 bits per heavy atom. The van der Waals surface area contributed by atoms with Crippen molar-refractivity contribution in [2.24, 2.45) is 0 Å². The molecular weight excluding hydrogens is 328 g/mol. The van der Waals surface area contributed by atoms with Crippen molar-refractivity contribution in [2.75, 3.05) is 11.3 Å². The van der Waals surface area contributed by atoms with Gasteiger partial charge in [0.2, 0.25) is 0 Å². The number of rotatable bonds is 7. The molecule has 1 heterocycles. The molecule has 1 aromatic carbocycles. The van der Waals surface area contributed by atoms with Gasteiger partial charge < -0.3 is 5.32 Å². The highest BCUT2D eigenvalue weighted by molar-refractivity contribution is 7.94. The first-order valence-corrected chi connectivity index (χ1v) is 9.32. The molecule has 21 heavy (non-hydrogen) atoms. The molecule has 0 fully saturated rings. The Kier molecular flexibility index (Phi) is 5.64. The lowest BCUT2D eigenvalue weighted by Gasteiger charge is -2.06. The number of nitrogens with one attached hydrogen (secondary N) is 2. The van der Waals surface area contributed by atoms with E-state index in [1.165, 1.54) is 11.3 Å². The van der Waals surface area contributed by atoms with Crippen LogP contribution < -0.4 is 10.0 Å². The average Bonchev–Trinajstić information content (AvgIpc) is 2.88. The second-order valence-electron chi connectivity index (χ2n) is 4.57. The van der Waals surface area contributed by atoms with Crippen molar-refractivity contribution in [2.45, 2.75) is 24.1 Å². The van der Waals surface area contributed by atoms with E-state index >= 15 is 0 Å². The highest BCUT2D eigenvalue weighted by Gasteiger charge is 2.17. The van der Waals surface area contributed by atoms with Crippen molar-refractivity contribution >= 4 is 38.6 Å². The maximum atomic E-state index is 12.3. The lowest BCUT2D eigenvalue weighted by molar-refractivity contribution is 0.603. The summed E-state index contributed by atoms with van der Waals surface area (Å²) in [5.41, 5.74) is 1.43. The summed E-state index contributed by atoms with van der Waals surface area (Å²) >= 11 is 7.07. The topological polar surface area (TPSA) is 58.2 Å². The lowest BCUT2D eigenvalue weighted by Crippen LogP contribution is -2.13. The fourth-order valence-electron chi connectivity index (χ4n) is 1.75. The first kappa shape index (κ1) is 16.3. The van der Waals surface area contributed by atoms with Crippen molar-refractivity contribution in [1.82, 2.24) is 5.32 Å². The van der Waals surface area contributed by atoms with Gasteiger partial charge in [0.25, 0.3) is 10.0 Å². The Hall–Kier alpha value is -1.08. The van der Waals surface area contributed by atoms with E-state index in [0.717, 1.165) is 18.5 Å². The van der Waals surface area contributed by atoms with E-state index in [0.29, 0.717) is 21.5 Å². The smallest absolute Gasteiger partial charge is 0.271 e. The van der Waals surface area contributed by atoms with Crippen LogP contribution in [-0.2, 0) is 16.6 Å². The van der Waals surface area contributed by atoms with E-state index in [9.17, 15) is 8.42 Å². The Bertz CT molecular complexity index is 699. The Morgan fingerprint density at radius 1 is 1.29 bits per heavy atom. The van der Waals surface area contributed by atoms with Crippen molar-refractivity contribution in [1.29, 1.82) is 0 Å². The molecule has 7 heteroatoms. The van der Waals surface area contributed by atoms with E-state index in [-0.39, 0.29) is 0 Å². The maximum absolute atomic E-state index is 12.3.